The van der Waals surface area contributed by atoms with Crippen molar-refractivity contribution in [3.63, 3.8) is 0 Å². The summed E-state index contributed by atoms with van der Waals surface area (Å²) in [6.07, 6.45) is 3.52. The molecule has 0 fully saturated rings. The van der Waals surface area contributed by atoms with E-state index in [1.807, 2.05) is 18.2 Å². The molecule has 0 saturated heterocycles. The van der Waals surface area contributed by atoms with Gasteiger partial charge in [0, 0.05) is 0 Å². The number of hydrogen-bond acceptors (Lipinski definition) is 0. The Morgan fingerprint density at radius 2 is 2.08 bits per heavy atom. The van der Waals surface area contributed by atoms with Crippen LogP contribution in [-0.4, -0.2) is 6.61 Å². The van der Waals surface area contributed by atoms with Crippen LogP contribution >= 0.6 is 0 Å². The Bertz CT molecular complexity index is 287. The maximum absolute atomic E-state index is 10.2. The monoisotopic (exact) mass is 161 g/mol. The summed E-state index contributed by atoms with van der Waals surface area (Å²) in [6.45, 7) is 4.00. The predicted molar refractivity (Wildman–Crippen MR) is 50.5 cm³/mol. The molecule has 1 heteroatoms. The summed E-state index contributed by atoms with van der Waals surface area (Å²) >= 11 is 0. The zero-order valence-corrected chi connectivity index (χ0v) is 7.50. The first-order valence-corrected chi connectivity index (χ1v) is 4.06. The van der Waals surface area contributed by atoms with Crippen molar-refractivity contribution in [2.45, 2.75) is 13.8 Å². The van der Waals surface area contributed by atoms with Gasteiger partial charge in [0.25, 0.3) is 0 Å². The lowest BCUT2D eigenvalue weighted by Crippen LogP contribution is -1.84. The van der Waals surface area contributed by atoms with E-state index in [1.165, 1.54) is 11.1 Å². The first-order chi connectivity index (χ1) is 5.75. The predicted octanol–water partition coefficient (Wildman–Crippen LogP) is 2.75. The first kappa shape index (κ1) is 9.01. The third kappa shape index (κ3) is 1.95. The average molecular weight is 161 g/mol. The molecule has 1 nitrogen and oxygen atoms in total. The second-order valence-corrected chi connectivity index (χ2v) is 2.86. The number of aryl methyl sites for hydroxylation is 1. The van der Waals surface area contributed by atoms with Crippen LogP contribution in [0.4, 0.5) is 0 Å². The average Bonchev–Trinajstić information content (AvgIpc) is 2.08. The second-order valence-electron chi connectivity index (χ2n) is 2.86. The Hall–Kier alpha value is -1.08. The van der Waals surface area contributed by atoms with Gasteiger partial charge in [-0.05, 0) is 30.5 Å². The van der Waals surface area contributed by atoms with Gasteiger partial charge in [-0.2, -0.15) is 0 Å². The molecule has 1 radical (unpaired) electrons. The van der Waals surface area contributed by atoms with Crippen molar-refractivity contribution < 1.29 is 5.11 Å². The van der Waals surface area contributed by atoms with Crippen LogP contribution in [-0.2, 0) is 5.11 Å². The van der Waals surface area contributed by atoms with Crippen molar-refractivity contribution >= 4 is 6.08 Å². The van der Waals surface area contributed by atoms with Crippen molar-refractivity contribution in [1.29, 1.82) is 0 Å². The van der Waals surface area contributed by atoms with Crippen molar-refractivity contribution in [2.75, 3.05) is 6.61 Å². The summed E-state index contributed by atoms with van der Waals surface area (Å²) in [4.78, 5) is 0. The number of benzene rings is 1. The molecule has 0 amide bonds. The number of hydrogen-bond donors (Lipinski definition) is 0. The Labute approximate surface area is 73.4 Å². The maximum atomic E-state index is 10.2. The lowest BCUT2D eigenvalue weighted by atomic mass is 10.0. The highest BCUT2D eigenvalue weighted by molar-refractivity contribution is 5.55. The molecule has 0 N–H and O–H groups in total. The van der Waals surface area contributed by atoms with E-state index >= 15 is 0 Å². The largest absolute Gasteiger partial charge is 0.232 e. The minimum atomic E-state index is -0.145. The molecule has 12 heavy (non-hydrogen) atoms. The van der Waals surface area contributed by atoms with E-state index in [4.69, 9.17) is 0 Å². The highest BCUT2D eigenvalue weighted by Gasteiger charge is 1.95. The highest BCUT2D eigenvalue weighted by atomic mass is 16.2. The Balaban J connectivity index is 3.00. The van der Waals surface area contributed by atoms with Gasteiger partial charge in [-0.3, -0.25) is 0 Å². The lowest BCUT2D eigenvalue weighted by Gasteiger charge is -2.02. The number of rotatable bonds is 2. The summed E-state index contributed by atoms with van der Waals surface area (Å²) in [7, 11) is 0. The Kier molecular flexibility index (Phi) is 3.06. The molecule has 0 aliphatic rings. The van der Waals surface area contributed by atoms with E-state index in [0.29, 0.717) is 0 Å². The van der Waals surface area contributed by atoms with Gasteiger partial charge in [0.1, 0.15) is 6.61 Å². The molecule has 1 aromatic rings. The summed E-state index contributed by atoms with van der Waals surface area (Å²) in [6, 6.07) is 6.10. The highest BCUT2D eigenvalue weighted by Crippen LogP contribution is 2.13. The van der Waals surface area contributed by atoms with E-state index in [2.05, 4.69) is 19.9 Å². The van der Waals surface area contributed by atoms with Gasteiger partial charge in [-0.25, -0.2) is 5.11 Å². The van der Waals surface area contributed by atoms with Crippen molar-refractivity contribution in [2.24, 2.45) is 0 Å². The zero-order valence-electron chi connectivity index (χ0n) is 7.50. The molecule has 0 spiro atoms. The molecule has 1 rings (SSSR count). The first-order valence-electron chi connectivity index (χ1n) is 4.06. The summed E-state index contributed by atoms with van der Waals surface area (Å²) in [5, 5.41) is 10.2. The lowest BCUT2D eigenvalue weighted by molar-refractivity contribution is 0.233. The molecule has 0 aliphatic carbocycles. The van der Waals surface area contributed by atoms with Crippen molar-refractivity contribution in [3.05, 3.63) is 41.0 Å². The van der Waals surface area contributed by atoms with Gasteiger partial charge in [0.05, 0.1) is 0 Å². The topological polar surface area (TPSA) is 19.9 Å². The van der Waals surface area contributed by atoms with E-state index < -0.39 is 0 Å². The van der Waals surface area contributed by atoms with Gasteiger partial charge in [-0.1, -0.05) is 30.4 Å². The maximum Gasteiger partial charge on any atom is 0.101 e. The van der Waals surface area contributed by atoms with Gasteiger partial charge >= 0.3 is 0 Å². The fourth-order valence-electron chi connectivity index (χ4n) is 1.13. The fourth-order valence-corrected chi connectivity index (χ4v) is 1.13. The van der Waals surface area contributed by atoms with Crippen LogP contribution < -0.4 is 0 Å². The zero-order chi connectivity index (χ0) is 8.97. The summed E-state index contributed by atoms with van der Waals surface area (Å²) in [5.74, 6) is 0. The minimum Gasteiger partial charge on any atom is -0.232 e. The van der Waals surface area contributed by atoms with Crippen LogP contribution in [0.2, 0.25) is 0 Å². The molecule has 63 valence electrons. The summed E-state index contributed by atoms with van der Waals surface area (Å²) in [5.41, 5.74) is 3.66. The molecule has 0 atom stereocenters. The van der Waals surface area contributed by atoms with Crippen LogP contribution in [0.3, 0.4) is 0 Å². The van der Waals surface area contributed by atoms with Crippen molar-refractivity contribution in [3.8, 4) is 0 Å². The van der Waals surface area contributed by atoms with Crippen molar-refractivity contribution in [1.82, 2.24) is 0 Å². The molecule has 0 bridgehead atoms. The van der Waals surface area contributed by atoms with Crippen LogP contribution in [0.1, 0.15) is 16.7 Å². The normalized spacial score (nSPS) is 10.9. The van der Waals surface area contributed by atoms with E-state index in [1.54, 1.807) is 6.08 Å². The quantitative estimate of drug-likeness (QED) is 0.635. The molecule has 0 saturated carbocycles. The standard InChI is InChI=1S/C11H13O/c1-9-5-3-6-11(10(9)2)7-4-8-12/h3-7H,8H2,1-2H3/b7-4+. The molecule has 0 unspecified atom stereocenters. The Morgan fingerprint density at radius 1 is 1.33 bits per heavy atom. The molecule has 0 aromatic heterocycles. The van der Waals surface area contributed by atoms with Gasteiger partial charge in [-0.15, -0.1) is 0 Å². The fraction of sp³-hybridized carbons (Fsp3) is 0.273. The van der Waals surface area contributed by atoms with Gasteiger partial charge in [0.15, 0.2) is 0 Å². The summed E-state index contributed by atoms with van der Waals surface area (Å²) < 4.78 is 0. The molecule has 0 heterocycles. The van der Waals surface area contributed by atoms with Crippen LogP contribution in [0.5, 0.6) is 0 Å². The van der Waals surface area contributed by atoms with Crippen LogP contribution in [0, 0.1) is 13.8 Å². The van der Waals surface area contributed by atoms with Gasteiger partial charge in [0.2, 0.25) is 0 Å². The molecule has 0 aliphatic heterocycles. The van der Waals surface area contributed by atoms with E-state index in [9.17, 15) is 5.11 Å². The second kappa shape index (κ2) is 4.07. The van der Waals surface area contributed by atoms with Crippen LogP contribution in [0.15, 0.2) is 24.3 Å². The third-order valence-corrected chi connectivity index (χ3v) is 2.04. The third-order valence-electron chi connectivity index (χ3n) is 2.04. The molecular formula is C11H13O. The van der Waals surface area contributed by atoms with E-state index in [0.717, 1.165) is 5.56 Å². The minimum absolute atomic E-state index is 0.145. The van der Waals surface area contributed by atoms with Crippen LogP contribution in [0.25, 0.3) is 6.08 Å². The molecule has 1 aromatic carbocycles. The van der Waals surface area contributed by atoms with Gasteiger partial charge < -0.3 is 0 Å². The smallest absolute Gasteiger partial charge is 0.101 e. The molecular weight excluding hydrogens is 148 g/mol. The SMILES string of the molecule is Cc1cccc(/C=C/C[O])c1C. The van der Waals surface area contributed by atoms with E-state index in [-0.39, 0.29) is 6.61 Å². The Morgan fingerprint density at radius 3 is 2.75 bits per heavy atom.